The molecule has 5 heteroatoms. The number of rotatable bonds is 5. The Morgan fingerprint density at radius 1 is 0.966 bits per heavy atom. The predicted molar refractivity (Wildman–Crippen MR) is 122 cm³/mol. The minimum atomic E-state index is -0.397. The van der Waals surface area contributed by atoms with Gasteiger partial charge in [0.05, 0.1) is 17.3 Å². The second-order valence-corrected chi connectivity index (χ2v) is 8.58. The number of aliphatic hydroxyl groups excluding tert-OH is 1. The number of para-hydroxylation sites is 1. The molecule has 3 heterocycles. The number of aliphatic hydroxyl groups is 1. The molecule has 1 fully saturated rings. The summed E-state index contributed by atoms with van der Waals surface area (Å²) in [6.07, 6.45) is 2.25. The van der Waals surface area contributed by atoms with Gasteiger partial charge in [0.15, 0.2) is 0 Å². The van der Waals surface area contributed by atoms with E-state index < -0.39 is 6.10 Å². The summed E-state index contributed by atoms with van der Waals surface area (Å²) in [5.41, 5.74) is 3.39. The van der Waals surface area contributed by atoms with E-state index in [9.17, 15) is 5.11 Å². The van der Waals surface area contributed by atoms with Crippen molar-refractivity contribution in [3.05, 3.63) is 71.7 Å². The Kier molecular flexibility index (Phi) is 5.19. The molecular formula is C24H25N3OS. The number of aromatic nitrogens is 1. The summed E-state index contributed by atoms with van der Waals surface area (Å²) in [5, 5.41) is 15.2. The van der Waals surface area contributed by atoms with E-state index in [0.717, 1.165) is 50.2 Å². The molecular weight excluding hydrogens is 378 g/mol. The number of hydrogen-bond acceptors (Lipinski definition) is 5. The summed E-state index contributed by atoms with van der Waals surface area (Å²) in [6, 6.07) is 18.9. The SMILES string of the molecule is OC(CCN1CCN(c2cccc3cccnc23)CC1)c1csc2ccccc12. The van der Waals surface area contributed by atoms with Crippen molar-refractivity contribution in [2.75, 3.05) is 37.6 Å². The van der Waals surface area contributed by atoms with Crippen molar-refractivity contribution in [2.45, 2.75) is 12.5 Å². The first-order chi connectivity index (χ1) is 14.3. The van der Waals surface area contributed by atoms with Gasteiger partial charge in [0.2, 0.25) is 0 Å². The van der Waals surface area contributed by atoms with Crippen molar-refractivity contribution >= 4 is 38.0 Å². The minimum Gasteiger partial charge on any atom is -0.388 e. The fourth-order valence-corrected chi connectivity index (χ4v) is 5.28. The summed E-state index contributed by atoms with van der Waals surface area (Å²) in [7, 11) is 0. The zero-order valence-corrected chi connectivity index (χ0v) is 17.2. The van der Waals surface area contributed by atoms with Crippen LogP contribution in [0.15, 0.2) is 66.2 Å². The van der Waals surface area contributed by atoms with Crippen molar-refractivity contribution in [3.8, 4) is 0 Å². The van der Waals surface area contributed by atoms with Gasteiger partial charge in [-0.25, -0.2) is 0 Å². The highest BCUT2D eigenvalue weighted by Gasteiger charge is 2.20. The summed E-state index contributed by atoms with van der Waals surface area (Å²) >= 11 is 1.72. The molecule has 148 valence electrons. The molecule has 0 aliphatic carbocycles. The normalized spacial score (nSPS) is 16.5. The average molecular weight is 404 g/mol. The van der Waals surface area contributed by atoms with Crippen molar-refractivity contribution < 1.29 is 5.11 Å². The van der Waals surface area contributed by atoms with Gasteiger partial charge in [-0.3, -0.25) is 9.88 Å². The van der Waals surface area contributed by atoms with Crippen LogP contribution < -0.4 is 4.90 Å². The number of hydrogen-bond donors (Lipinski definition) is 1. The summed E-state index contributed by atoms with van der Waals surface area (Å²) in [4.78, 5) is 9.51. The molecule has 4 aromatic rings. The van der Waals surface area contributed by atoms with Gasteiger partial charge in [0, 0.05) is 49.0 Å². The van der Waals surface area contributed by atoms with Crippen LogP contribution in [0.25, 0.3) is 21.0 Å². The van der Waals surface area contributed by atoms with E-state index in [1.807, 2.05) is 18.3 Å². The van der Waals surface area contributed by atoms with Crippen LogP contribution in [0.3, 0.4) is 0 Å². The summed E-state index contributed by atoms with van der Waals surface area (Å²) in [6.45, 7) is 4.94. The third kappa shape index (κ3) is 3.73. The van der Waals surface area contributed by atoms with Gasteiger partial charge < -0.3 is 10.0 Å². The molecule has 1 aliphatic rings. The monoisotopic (exact) mass is 403 g/mol. The third-order valence-corrected chi connectivity index (χ3v) is 6.89. The molecule has 1 unspecified atom stereocenters. The van der Waals surface area contributed by atoms with Gasteiger partial charge in [-0.05, 0) is 40.9 Å². The molecule has 0 spiro atoms. The van der Waals surface area contributed by atoms with Crippen molar-refractivity contribution in [3.63, 3.8) is 0 Å². The largest absolute Gasteiger partial charge is 0.388 e. The summed E-state index contributed by atoms with van der Waals surface area (Å²) in [5.74, 6) is 0. The number of nitrogens with zero attached hydrogens (tertiary/aromatic N) is 3. The maximum atomic E-state index is 10.7. The van der Waals surface area contributed by atoms with Crippen LogP contribution in [0.4, 0.5) is 5.69 Å². The summed E-state index contributed by atoms with van der Waals surface area (Å²) < 4.78 is 1.25. The molecule has 1 saturated heterocycles. The standard InChI is InChI=1S/C24H25N3OS/c28-22(20-17-29-23-9-2-1-7-19(20)23)10-12-26-13-15-27(16-14-26)21-8-3-5-18-6-4-11-25-24(18)21/h1-9,11,17,22,28H,10,12-16H2. The van der Waals surface area contributed by atoms with Crippen LogP contribution in [0.5, 0.6) is 0 Å². The maximum absolute atomic E-state index is 10.7. The zero-order valence-electron chi connectivity index (χ0n) is 16.4. The molecule has 1 atom stereocenters. The lowest BCUT2D eigenvalue weighted by Gasteiger charge is -2.36. The Bertz CT molecular complexity index is 1110. The van der Waals surface area contributed by atoms with Gasteiger partial charge in [-0.15, -0.1) is 11.3 Å². The molecule has 1 N–H and O–H groups in total. The van der Waals surface area contributed by atoms with Gasteiger partial charge >= 0.3 is 0 Å². The molecule has 0 saturated carbocycles. The van der Waals surface area contributed by atoms with Crippen LogP contribution in [0.2, 0.25) is 0 Å². The number of fused-ring (bicyclic) bond motifs is 2. The first kappa shape index (κ1) is 18.6. The number of benzene rings is 2. The molecule has 2 aromatic heterocycles. The van der Waals surface area contributed by atoms with Crippen LogP contribution in [0, 0.1) is 0 Å². The van der Waals surface area contributed by atoms with Gasteiger partial charge in [-0.2, -0.15) is 0 Å². The second kappa shape index (κ2) is 8.11. The van der Waals surface area contributed by atoms with E-state index in [0.29, 0.717) is 0 Å². The smallest absolute Gasteiger partial charge is 0.0935 e. The Balaban J connectivity index is 1.20. The van der Waals surface area contributed by atoms with E-state index in [-0.39, 0.29) is 0 Å². The van der Waals surface area contributed by atoms with Gasteiger partial charge in [0.1, 0.15) is 0 Å². The average Bonchev–Trinajstić information content (AvgIpc) is 3.22. The molecule has 2 aromatic carbocycles. The van der Waals surface area contributed by atoms with E-state index in [1.54, 1.807) is 11.3 Å². The first-order valence-electron chi connectivity index (χ1n) is 10.2. The number of pyridine rings is 1. The highest BCUT2D eigenvalue weighted by molar-refractivity contribution is 7.17. The third-order valence-electron chi connectivity index (χ3n) is 5.91. The van der Waals surface area contributed by atoms with E-state index >= 15 is 0 Å². The lowest BCUT2D eigenvalue weighted by Crippen LogP contribution is -2.46. The number of anilines is 1. The highest BCUT2D eigenvalue weighted by atomic mass is 32.1. The van der Waals surface area contributed by atoms with Crippen molar-refractivity contribution in [2.24, 2.45) is 0 Å². The first-order valence-corrected chi connectivity index (χ1v) is 11.1. The minimum absolute atomic E-state index is 0.397. The quantitative estimate of drug-likeness (QED) is 0.525. The molecule has 29 heavy (non-hydrogen) atoms. The molecule has 0 bridgehead atoms. The zero-order chi connectivity index (χ0) is 19.6. The fourth-order valence-electron chi connectivity index (χ4n) is 4.27. The topological polar surface area (TPSA) is 39.6 Å². The van der Waals surface area contributed by atoms with Gasteiger partial charge in [0.25, 0.3) is 0 Å². The van der Waals surface area contributed by atoms with E-state index in [4.69, 9.17) is 0 Å². The second-order valence-electron chi connectivity index (χ2n) is 7.67. The molecule has 5 rings (SSSR count). The van der Waals surface area contributed by atoms with Crippen LogP contribution >= 0.6 is 11.3 Å². The molecule has 4 nitrogen and oxygen atoms in total. The highest BCUT2D eigenvalue weighted by Crippen LogP contribution is 2.32. The van der Waals surface area contributed by atoms with Crippen LogP contribution in [0.1, 0.15) is 18.1 Å². The predicted octanol–water partition coefficient (Wildman–Crippen LogP) is 4.70. The van der Waals surface area contributed by atoms with Crippen LogP contribution in [-0.4, -0.2) is 47.7 Å². The van der Waals surface area contributed by atoms with E-state index in [2.05, 4.69) is 62.6 Å². The fraction of sp³-hybridized carbons (Fsp3) is 0.292. The number of thiophene rings is 1. The Labute approximate surface area is 175 Å². The molecule has 0 amide bonds. The van der Waals surface area contributed by atoms with Gasteiger partial charge in [-0.1, -0.05) is 36.4 Å². The number of piperazine rings is 1. The van der Waals surface area contributed by atoms with E-state index in [1.165, 1.54) is 21.2 Å². The van der Waals surface area contributed by atoms with Crippen molar-refractivity contribution in [1.29, 1.82) is 0 Å². The lowest BCUT2D eigenvalue weighted by molar-refractivity contribution is 0.141. The Morgan fingerprint density at radius 2 is 1.79 bits per heavy atom. The van der Waals surface area contributed by atoms with Crippen molar-refractivity contribution in [1.82, 2.24) is 9.88 Å². The molecule has 1 aliphatic heterocycles. The lowest BCUT2D eigenvalue weighted by atomic mass is 10.1. The Morgan fingerprint density at radius 3 is 2.69 bits per heavy atom. The van der Waals surface area contributed by atoms with Crippen LogP contribution in [-0.2, 0) is 0 Å². The Hall–Kier alpha value is -2.47. The molecule has 0 radical (unpaired) electrons. The maximum Gasteiger partial charge on any atom is 0.0935 e.